The molecule has 1 aliphatic rings. The highest BCUT2D eigenvalue weighted by atomic mass is 28.4. The van der Waals surface area contributed by atoms with Gasteiger partial charge in [-0.1, -0.05) is 57.2 Å². The Labute approximate surface area is 203 Å². The van der Waals surface area contributed by atoms with E-state index in [0.29, 0.717) is 24.3 Å². The maximum absolute atomic E-state index is 13.0. The Bertz CT molecular complexity index is 951. The lowest BCUT2D eigenvalue weighted by Crippen LogP contribution is -2.55. The van der Waals surface area contributed by atoms with E-state index in [9.17, 15) is 9.59 Å². The van der Waals surface area contributed by atoms with Gasteiger partial charge in [0.2, 0.25) is 6.79 Å². The van der Waals surface area contributed by atoms with E-state index < -0.39 is 13.9 Å². The molecule has 2 aromatic carbocycles. The van der Waals surface area contributed by atoms with Crippen LogP contribution in [0.4, 0.5) is 0 Å². The van der Waals surface area contributed by atoms with Gasteiger partial charge in [0.25, 0.3) is 0 Å². The molecule has 1 heterocycles. The lowest BCUT2D eigenvalue weighted by molar-refractivity contribution is -0.148. The zero-order valence-electron chi connectivity index (χ0n) is 20.7. The topological polar surface area (TPSA) is 71.1 Å². The minimum atomic E-state index is -2.20. The summed E-state index contributed by atoms with van der Waals surface area (Å²) in [5.74, 6) is 0.645. The van der Waals surface area contributed by atoms with Crippen LogP contribution in [-0.2, 0) is 31.6 Å². The summed E-state index contributed by atoms with van der Waals surface area (Å²) in [6.07, 6.45) is 1.88. The second-order valence-electron chi connectivity index (χ2n) is 8.97. The molecule has 0 N–H and O–H groups in total. The second-order valence-corrected chi connectivity index (χ2v) is 13.7. The number of aldehydes is 1. The minimum Gasteiger partial charge on any atom is -0.465 e. The van der Waals surface area contributed by atoms with Crippen molar-refractivity contribution in [3.05, 3.63) is 59.7 Å². The van der Waals surface area contributed by atoms with Crippen LogP contribution in [0.1, 0.15) is 38.8 Å². The first-order valence-electron chi connectivity index (χ1n) is 12.1. The highest BCUT2D eigenvalue weighted by Gasteiger charge is 2.47. The molecule has 1 aliphatic heterocycles. The standard InChI is InChI=1S/C27H36O6Si/c1-5-34(6-2,7-3)33-27(19-28,17-22-11-9-8-10-12-22)24(18-30-21(4)29)15-23-13-14-25-26(16-23)32-20-31-25/h8-14,16,19,24H,5-7,15,17-18,20H2,1-4H3/t24-,27+/m0/s1. The number of rotatable bonds is 13. The van der Waals surface area contributed by atoms with E-state index in [1.54, 1.807) is 0 Å². The smallest absolute Gasteiger partial charge is 0.302 e. The van der Waals surface area contributed by atoms with Crippen molar-refractivity contribution in [1.82, 2.24) is 0 Å². The van der Waals surface area contributed by atoms with E-state index in [0.717, 1.165) is 35.5 Å². The van der Waals surface area contributed by atoms with Gasteiger partial charge in [0.05, 0.1) is 6.61 Å². The van der Waals surface area contributed by atoms with Crippen LogP contribution in [0.3, 0.4) is 0 Å². The number of fused-ring (bicyclic) bond motifs is 1. The molecule has 0 saturated carbocycles. The van der Waals surface area contributed by atoms with Crippen molar-refractivity contribution in [2.45, 2.75) is 64.3 Å². The normalized spacial score (nSPS) is 15.4. The number of carbonyl (C=O) groups is 2. The highest BCUT2D eigenvalue weighted by molar-refractivity contribution is 6.73. The molecule has 7 heteroatoms. The van der Waals surface area contributed by atoms with Gasteiger partial charge in [-0.3, -0.25) is 4.79 Å². The Morgan fingerprint density at radius 1 is 1.03 bits per heavy atom. The quantitative estimate of drug-likeness (QED) is 0.217. The van der Waals surface area contributed by atoms with Crippen molar-refractivity contribution in [2.24, 2.45) is 5.92 Å². The van der Waals surface area contributed by atoms with E-state index in [2.05, 4.69) is 20.8 Å². The van der Waals surface area contributed by atoms with Gasteiger partial charge in [-0.25, -0.2) is 0 Å². The molecule has 0 radical (unpaired) electrons. The molecule has 0 spiro atoms. The Hall–Kier alpha value is -2.64. The lowest BCUT2D eigenvalue weighted by Gasteiger charge is -2.44. The molecule has 0 aliphatic carbocycles. The van der Waals surface area contributed by atoms with Crippen LogP contribution < -0.4 is 9.47 Å². The predicted octanol–water partition coefficient (Wildman–Crippen LogP) is 5.34. The minimum absolute atomic E-state index is 0.0942. The average Bonchev–Trinajstić information content (AvgIpc) is 3.33. The molecule has 0 saturated heterocycles. The first-order valence-corrected chi connectivity index (χ1v) is 14.6. The predicted molar refractivity (Wildman–Crippen MR) is 134 cm³/mol. The molecule has 2 atom stereocenters. The van der Waals surface area contributed by atoms with Crippen LogP contribution in [0.2, 0.25) is 18.1 Å². The number of carbonyl (C=O) groups excluding carboxylic acids is 2. The first kappa shape index (κ1) is 26.0. The SMILES string of the molecule is CC[Si](CC)(CC)O[C@@](C=O)(Cc1ccccc1)[C@H](COC(C)=O)Cc1ccc2c(c1)OCO2. The summed E-state index contributed by atoms with van der Waals surface area (Å²) >= 11 is 0. The number of benzene rings is 2. The summed E-state index contributed by atoms with van der Waals surface area (Å²) in [5.41, 5.74) is 0.863. The average molecular weight is 485 g/mol. The second kappa shape index (κ2) is 11.7. The monoisotopic (exact) mass is 484 g/mol. The largest absolute Gasteiger partial charge is 0.465 e. The summed E-state index contributed by atoms with van der Waals surface area (Å²) in [5, 5.41) is 0. The molecule has 0 fully saturated rings. The molecular weight excluding hydrogens is 448 g/mol. The fourth-order valence-corrected chi connectivity index (χ4v) is 7.68. The van der Waals surface area contributed by atoms with E-state index in [4.69, 9.17) is 18.6 Å². The van der Waals surface area contributed by atoms with Gasteiger partial charge in [-0.2, -0.15) is 0 Å². The molecule has 2 aromatic rings. The zero-order valence-corrected chi connectivity index (χ0v) is 21.7. The zero-order chi connectivity index (χ0) is 24.6. The Balaban J connectivity index is 2.04. The molecule has 34 heavy (non-hydrogen) atoms. The Kier molecular flexibility index (Phi) is 8.91. The third kappa shape index (κ3) is 6.07. The van der Waals surface area contributed by atoms with Gasteiger partial charge >= 0.3 is 5.97 Å². The molecule has 0 bridgehead atoms. The van der Waals surface area contributed by atoms with Gasteiger partial charge in [-0.05, 0) is 47.8 Å². The first-order chi connectivity index (χ1) is 16.4. The fourth-order valence-electron chi connectivity index (χ4n) is 4.65. The van der Waals surface area contributed by atoms with Gasteiger partial charge in [0.15, 0.2) is 26.1 Å². The van der Waals surface area contributed by atoms with Crippen molar-refractivity contribution in [3.8, 4) is 11.5 Å². The summed E-state index contributed by atoms with van der Waals surface area (Å²) in [6, 6.07) is 18.4. The molecule has 0 aromatic heterocycles. The van der Waals surface area contributed by atoms with Crippen molar-refractivity contribution < 1.29 is 28.2 Å². The Morgan fingerprint density at radius 2 is 1.71 bits per heavy atom. The van der Waals surface area contributed by atoms with Gasteiger partial charge in [0, 0.05) is 19.3 Å². The highest BCUT2D eigenvalue weighted by Crippen LogP contribution is 2.38. The molecule has 0 unspecified atom stereocenters. The van der Waals surface area contributed by atoms with Gasteiger partial charge in [0.1, 0.15) is 5.60 Å². The maximum Gasteiger partial charge on any atom is 0.302 e. The maximum atomic E-state index is 13.0. The van der Waals surface area contributed by atoms with Crippen molar-refractivity contribution >= 4 is 20.6 Å². The van der Waals surface area contributed by atoms with Crippen LogP contribution in [-0.4, -0.2) is 39.6 Å². The van der Waals surface area contributed by atoms with Crippen LogP contribution in [0, 0.1) is 5.92 Å². The third-order valence-corrected chi connectivity index (χ3v) is 11.6. The van der Waals surface area contributed by atoms with E-state index in [1.165, 1.54) is 6.92 Å². The van der Waals surface area contributed by atoms with Crippen molar-refractivity contribution in [2.75, 3.05) is 13.4 Å². The van der Waals surface area contributed by atoms with Gasteiger partial charge in [-0.15, -0.1) is 0 Å². The van der Waals surface area contributed by atoms with Crippen LogP contribution in [0.15, 0.2) is 48.5 Å². The molecule has 3 rings (SSSR count). The van der Waals surface area contributed by atoms with Crippen LogP contribution in [0.5, 0.6) is 11.5 Å². The van der Waals surface area contributed by atoms with E-state index in [-0.39, 0.29) is 25.3 Å². The molecular formula is C27H36O6Si. The van der Waals surface area contributed by atoms with Crippen LogP contribution >= 0.6 is 0 Å². The fraction of sp³-hybridized carbons (Fsp3) is 0.481. The summed E-state index contributed by atoms with van der Waals surface area (Å²) in [7, 11) is -2.20. The van der Waals surface area contributed by atoms with Crippen LogP contribution in [0.25, 0.3) is 0 Å². The summed E-state index contributed by atoms with van der Waals surface area (Å²) in [4.78, 5) is 24.8. The molecule has 184 valence electrons. The van der Waals surface area contributed by atoms with E-state index in [1.807, 2.05) is 48.5 Å². The summed E-state index contributed by atoms with van der Waals surface area (Å²) < 4.78 is 23.5. The lowest BCUT2D eigenvalue weighted by atomic mass is 9.80. The number of hydrogen-bond donors (Lipinski definition) is 0. The van der Waals surface area contributed by atoms with Crippen molar-refractivity contribution in [3.63, 3.8) is 0 Å². The van der Waals surface area contributed by atoms with Gasteiger partial charge < -0.3 is 23.4 Å². The molecule has 0 amide bonds. The number of esters is 1. The number of ether oxygens (including phenoxy) is 3. The Morgan fingerprint density at radius 3 is 2.32 bits per heavy atom. The third-order valence-electron chi connectivity index (χ3n) is 6.96. The van der Waals surface area contributed by atoms with E-state index >= 15 is 0 Å². The molecule has 6 nitrogen and oxygen atoms in total. The number of hydrogen-bond acceptors (Lipinski definition) is 6. The van der Waals surface area contributed by atoms with Crippen molar-refractivity contribution in [1.29, 1.82) is 0 Å². The summed E-state index contributed by atoms with van der Waals surface area (Å²) in [6.45, 7) is 8.13.